The number of carbonyl (C=O) groups excluding carboxylic acids is 4. The lowest BCUT2D eigenvalue weighted by Crippen LogP contribution is -2.53. The zero-order chi connectivity index (χ0) is 19.6. The lowest BCUT2D eigenvalue weighted by Gasteiger charge is -2.35. The first-order valence-electron chi connectivity index (χ1n) is 8.51. The Morgan fingerprint density at radius 2 is 1.59 bits per heavy atom. The van der Waals surface area contributed by atoms with Gasteiger partial charge in [0.05, 0.1) is 4.92 Å². The van der Waals surface area contributed by atoms with Crippen LogP contribution in [0.5, 0.6) is 0 Å². The van der Waals surface area contributed by atoms with Crippen molar-refractivity contribution >= 4 is 29.3 Å². The van der Waals surface area contributed by atoms with E-state index < -0.39 is 4.92 Å². The van der Waals surface area contributed by atoms with Crippen molar-refractivity contribution in [1.29, 1.82) is 0 Å². The van der Waals surface area contributed by atoms with Gasteiger partial charge in [-0.05, 0) is 6.07 Å². The van der Waals surface area contributed by atoms with E-state index in [9.17, 15) is 29.3 Å². The molecule has 27 heavy (non-hydrogen) atoms. The number of nitrogens with zero attached hydrogens (tertiary/aromatic N) is 4. The molecule has 10 nitrogen and oxygen atoms in total. The van der Waals surface area contributed by atoms with E-state index in [-0.39, 0.29) is 80.4 Å². The number of amides is 4. The predicted octanol–water partition coefficient (Wildman–Crippen LogP) is 0.0282. The van der Waals surface area contributed by atoms with Gasteiger partial charge in [-0.25, -0.2) is 0 Å². The third-order valence-corrected chi connectivity index (χ3v) is 4.67. The number of hydrogen-bond donors (Lipinski definition) is 0. The monoisotopic (exact) mass is 374 g/mol. The molecule has 0 aliphatic carbocycles. The number of likely N-dealkylation sites (tertiary alicyclic amines) is 1. The first-order chi connectivity index (χ1) is 12.9. The highest BCUT2D eigenvalue weighted by molar-refractivity contribution is 6.04. The minimum absolute atomic E-state index is 0.137. The van der Waals surface area contributed by atoms with Crippen molar-refractivity contribution in [3.8, 4) is 0 Å². The summed E-state index contributed by atoms with van der Waals surface area (Å²) < 4.78 is 0. The van der Waals surface area contributed by atoms with Crippen molar-refractivity contribution in [2.24, 2.45) is 0 Å². The van der Waals surface area contributed by atoms with Crippen molar-refractivity contribution in [3.63, 3.8) is 0 Å². The minimum Gasteiger partial charge on any atom is -0.338 e. The molecule has 0 N–H and O–H groups in total. The number of benzene rings is 1. The maximum atomic E-state index is 12.5. The van der Waals surface area contributed by atoms with Crippen molar-refractivity contribution in [1.82, 2.24) is 14.7 Å². The highest BCUT2D eigenvalue weighted by atomic mass is 16.6. The number of rotatable bonds is 4. The van der Waals surface area contributed by atoms with Gasteiger partial charge >= 0.3 is 0 Å². The summed E-state index contributed by atoms with van der Waals surface area (Å²) in [6.45, 7) is 0.826. The molecule has 142 valence electrons. The molecular weight excluding hydrogens is 356 g/mol. The molecule has 1 aromatic rings. The molecule has 2 aliphatic rings. The van der Waals surface area contributed by atoms with E-state index in [1.54, 1.807) is 0 Å². The number of carbonyl (C=O) groups is 4. The minimum atomic E-state index is -0.561. The smallest absolute Gasteiger partial charge is 0.270 e. The number of nitro groups is 1. The van der Waals surface area contributed by atoms with Gasteiger partial charge in [0.15, 0.2) is 0 Å². The molecule has 0 atom stereocenters. The van der Waals surface area contributed by atoms with Gasteiger partial charge in [0, 0.05) is 56.7 Å². The van der Waals surface area contributed by atoms with Crippen LogP contribution in [-0.4, -0.2) is 76.0 Å². The SMILES string of the molecule is O=C(CN1C(=O)CCC1=O)N1CCN(C(=O)c2cccc([N+](=O)[O-])c2)CC1. The van der Waals surface area contributed by atoms with Crippen LogP contribution in [0.4, 0.5) is 5.69 Å². The molecule has 2 aliphatic heterocycles. The molecular formula is C17H18N4O6. The highest BCUT2D eigenvalue weighted by Crippen LogP contribution is 2.16. The molecule has 0 bridgehead atoms. The summed E-state index contributed by atoms with van der Waals surface area (Å²) in [7, 11) is 0. The third-order valence-electron chi connectivity index (χ3n) is 4.67. The standard InChI is InChI=1S/C17H18N4O6/c22-14-4-5-15(23)20(14)11-16(24)18-6-8-19(9-7-18)17(25)12-2-1-3-13(10-12)21(26)27/h1-3,10H,4-9,11H2. The fourth-order valence-electron chi connectivity index (χ4n) is 3.13. The number of piperazine rings is 1. The fourth-order valence-corrected chi connectivity index (χ4v) is 3.13. The zero-order valence-corrected chi connectivity index (χ0v) is 14.5. The van der Waals surface area contributed by atoms with Crippen LogP contribution in [0.3, 0.4) is 0 Å². The second-order valence-electron chi connectivity index (χ2n) is 6.35. The summed E-state index contributed by atoms with van der Waals surface area (Å²) in [5.41, 5.74) is 0.0619. The molecule has 0 unspecified atom stereocenters. The summed E-state index contributed by atoms with van der Waals surface area (Å²) in [6.07, 6.45) is 0.273. The summed E-state index contributed by atoms with van der Waals surface area (Å²) in [4.78, 5) is 62.3. The Morgan fingerprint density at radius 3 is 2.19 bits per heavy atom. The normalized spacial score (nSPS) is 17.4. The molecule has 3 rings (SSSR count). The summed E-state index contributed by atoms with van der Waals surface area (Å²) in [5.74, 6) is -1.35. The molecule has 0 aromatic heterocycles. The highest BCUT2D eigenvalue weighted by Gasteiger charge is 2.33. The topological polar surface area (TPSA) is 121 Å². The number of imide groups is 1. The van der Waals surface area contributed by atoms with Crippen LogP contribution in [0.25, 0.3) is 0 Å². The Hall–Kier alpha value is -3.30. The van der Waals surface area contributed by atoms with E-state index in [1.165, 1.54) is 34.1 Å². The molecule has 0 radical (unpaired) electrons. The largest absolute Gasteiger partial charge is 0.338 e. The van der Waals surface area contributed by atoms with Crippen LogP contribution in [0.15, 0.2) is 24.3 Å². The van der Waals surface area contributed by atoms with Crippen LogP contribution < -0.4 is 0 Å². The van der Waals surface area contributed by atoms with Gasteiger partial charge in [-0.3, -0.25) is 34.2 Å². The third kappa shape index (κ3) is 3.94. The van der Waals surface area contributed by atoms with E-state index in [0.29, 0.717) is 0 Å². The molecule has 4 amide bonds. The van der Waals surface area contributed by atoms with Crippen molar-refractivity contribution in [2.45, 2.75) is 12.8 Å². The van der Waals surface area contributed by atoms with E-state index in [1.807, 2.05) is 0 Å². The molecule has 10 heteroatoms. The van der Waals surface area contributed by atoms with Gasteiger partial charge in [0.25, 0.3) is 11.6 Å². The van der Waals surface area contributed by atoms with Crippen molar-refractivity contribution in [2.75, 3.05) is 32.7 Å². The second kappa shape index (κ2) is 7.52. The van der Waals surface area contributed by atoms with Gasteiger partial charge < -0.3 is 9.80 Å². The molecule has 0 saturated carbocycles. The maximum Gasteiger partial charge on any atom is 0.270 e. The van der Waals surface area contributed by atoms with E-state index in [2.05, 4.69) is 0 Å². The number of nitro benzene ring substituents is 1. The van der Waals surface area contributed by atoms with Gasteiger partial charge in [0.2, 0.25) is 17.7 Å². The number of non-ortho nitro benzene ring substituents is 1. The molecule has 2 saturated heterocycles. The Bertz CT molecular complexity index is 799. The van der Waals surface area contributed by atoms with Gasteiger partial charge in [-0.2, -0.15) is 0 Å². The first kappa shape index (κ1) is 18.5. The first-order valence-corrected chi connectivity index (χ1v) is 8.51. The summed E-state index contributed by atoms with van der Waals surface area (Å²) in [6, 6.07) is 5.51. The Balaban J connectivity index is 1.57. The quantitative estimate of drug-likeness (QED) is 0.416. The van der Waals surface area contributed by atoms with Crippen molar-refractivity contribution < 1.29 is 24.1 Å². The average Bonchev–Trinajstić information content (AvgIpc) is 2.99. The zero-order valence-electron chi connectivity index (χ0n) is 14.5. The molecule has 2 fully saturated rings. The van der Waals surface area contributed by atoms with Crippen LogP contribution in [0, 0.1) is 10.1 Å². The van der Waals surface area contributed by atoms with Crippen molar-refractivity contribution in [3.05, 3.63) is 39.9 Å². The van der Waals surface area contributed by atoms with Gasteiger partial charge in [-0.1, -0.05) is 6.07 Å². The Kier molecular flexibility index (Phi) is 5.15. The van der Waals surface area contributed by atoms with Crippen LogP contribution in [0.2, 0.25) is 0 Å². The Morgan fingerprint density at radius 1 is 1.00 bits per heavy atom. The molecule has 1 aromatic carbocycles. The van der Waals surface area contributed by atoms with Crippen LogP contribution in [-0.2, 0) is 14.4 Å². The van der Waals surface area contributed by atoms with E-state index in [4.69, 9.17) is 0 Å². The predicted molar refractivity (Wildman–Crippen MR) is 91.5 cm³/mol. The van der Waals surface area contributed by atoms with Crippen LogP contribution >= 0.6 is 0 Å². The maximum absolute atomic E-state index is 12.5. The average molecular weight is 374 g/mol. The fraction of sp³-hybridized carbons (Fsp3) is 0.412. The van der Waals surface area contributed by atoms with Crippen LogP contribution in [0.1, 0.15) is 23.2 Å². The lowest BCUT2D eigenvalue weighted by atomic mass is 10.1. The van der Waals surface area contributed by atoms with Gasteiger partial charge in [0.1, 0.15) is 6.54 Å². The molecule has 0 spiro atoms. The Labute approximate surface area is 154 Å². The lowest BCUT2D eigenvalue weighted by molar-refractivity contribution is -0.384. The van der Waals surface area contributed by atoms with E-state index in [0.717, 1.165) is 4.90 Å². The molecule has 2 heterocycles. The van der Waals surface area contributed by atoms with E-state index >= 15 is 0 Å². The summed E-state index contributed by atoms with van der Waals surface area (Å²) >= 11 is 0. The van der Waals surface area contributed by atoms with Gasteiger partial charge in [-0.15, -0.1) is 0 Å². The summed E-state index contributed by atoms with van der Waals surface area (Å²) in [5, 5.41) is 10.8. The number of hydrogen-bond acceptors (Lipinski definition) is 6. The second-order valence-corrected chi connectivity index (χ2v) is 6.35.